The van der Waals surface area contributed by atoms with Gasteiger partial charge in [-0.25, -0.2) is 0 Å². The molecule has 0 aliphatic heterocycles. The molecule has 0 spiro atoms. The molecule has 2 aromatic rings. The zero-order chi connectivity index (χ0) is 18.4. The summed E-state index contributed by atoms with van der Waals surface area (Å²) in [6.45, 7) is 4.87. The first kappa shape index (κ1) is 18.7. The summed E-state index contributed by atoms with van der Waals surface area (Å²) in [6.07, 6.45) is 0.956. The SMILES string of the molecule is CC(C)CCOc1ccc(C(=O)Nc2ccc(Cl)c([N+](=O)[O-])c2)cc1. The number of hydrogen-bond acceptors (Lipinski definition) is 4. The first-order chi connectivity index (χ1) is 11.9. The number of benzene rings is 2. The van der Waals surface area contributed by atoms with Crippen LogP contribution in [0.4, 0.5) is 11.4 Å². The molecule has 0 heterocycles. The van der Waals surface area contributed by atoms with Gasteiger partial charge in [-0.05, 0) is 48.7 Å². The summed E-state index contributed by atoms with van der Waals surface area (Å²) < 4.78 is 5.60. The lowest BCUT2D eigenvalue weighted by molar-refractivity contribution is -0.384. The Balaban J connectivity index is 2.01. The largest absolute Gasteiger partial charge is 0.494 e. The second-order valence-corrected chi connectivity index (χ2v) is 6.34. The summed E-state index contributed by atoms with van der Waals surface area (Å²) in [7, 11) is 0. The van der Waals surface area contributed by atoms with Crippen LogP contribution in [0, 0.1) is 16.0 Å². The van der Waals surface area contributed by atoms with Crippen molar-refractivity contribution in [2.24, 2.45) is 5.92 Å². The van der Waals surface area contributed by atoms with E-state index in [4.69, 9.17) is 16.3 Å². The Kier molecular flexibility index (Phi) is 6.36. The fourth-order valence-corrected chi connectivity index (χ4v) is 2.24. The normalized spacial score (nSPS) is 10.6. The molecule has 0 bridgehead atoms. The average molecular weight is 363 g/mol. The number of carbonyl (C=O) groups is 1. The van der Waals surface area contributed by atoms with Crippen molar-refractivity contribution in [1.29, 1.82) is 0 Å². The molecule has 7 heteroatoms. The van der Waals surface area contributed by atoms with Gasteiger partial charge in [0.25, 0.3) is 11.6 Å². The van der Waals surface area contributed by atoms with Gasteiger partial charge in [0.15, 0.2) is 0 Å². The van der Waals surface area contributed by atoms with E-state index in [1.54, 1.807) is 24.3 Å². The van der Waals surface area contributed by atoms with Gasteiger partial charge in [0.1, 0.15) is 10.8 Å². The van der Waals surface area contributed by atoms with Crippen molar-refractivity contribution in [3.8, 4) is 5.75 Å². The molecule has 2 aromatic carbocycles. The molecule has 1 N–H and O–H groups in total. The molecule has 132 valence electrons. The molecule has 0 aromatic heterocycles. The second-order valence-electron chi connectivity index (χ2n) is 5.93. The predicted octanol–water partition coefficient (Wildman–Crippen LogP) is 4.93. The van der Waals surface area contributed by atoms with Gasteiger partial charge in [-0.2, -0.15) is 0 Å². The Morgan fingerprint density at radius 1 is 1.24 bits per heavy atom. The predicted molar refractivity (Wildman–Crippen MR) is 97.5 cm³/mol. The second kappa shape index (κ2) is 8.48. The maximum atomic E-state index is 12.2. The van der Waals surface area contributed by atoms with Crippen LogP contribution in [0.3, 0.4) is 0 Å². The van der Waals surface area contributed by atoms with Crippen LogP contribution in [0.1, 0.15) is 30.6 Å². The van der Waals surface area contributed by atoms with E-state index in [2.05, 4.69) is 19.2 Å². The number of nitrogens with one attached hydrogen (secondary N) is 1. The fourth-order valence-electron chi connectivity index (χ4n) is 2.05. The van der Waals surface area contributed by atoms with Crippen molar-refractivity contribution in [2.45, 2.75) is 20.3 Å². The summed E-state index contributed by atoms with van der Waals surface area (Å²) in [4.78, 5) is 22.5. The van der Waals surface area contributed by atoms with E-state index < -0.39 is 4.92 Å². The van der Waals surface area contributed by atoms with Crippen LogP contribution >= 0.6 is 11.6 Å². The van der Waals surface area contributed by atoms with Gasteiger partial charge in [-0.1, -0.05) is 25.4 Å². The lowest BCUT2D eigenvalue weighted by Crippen LogP contribution is -2.12. The highest BCUT2D eigenvalue weighted by Gasteiger charge is 2.14. The Labute approximate surface area is 150 Å². The first-order valence-corrected chi connectivity index (χ1v) is 8.22. The first-order valence-electron chi connectivity index (χ1n) is 7.85. The van der Waals surface area contributed by atoms with Gasteiger partial charge in [0.05, 0.1) is 11.5 Å². The van der Waals surface area contributed by atoms with E-state index in [1.807, 2.05) is 0 Å². The third-order valence-electron chi connectivity index (χ3n) is 3.48. The molecule has 0 atom stereocenters. The minimum atomic E-state index is -0.596. The lowest BCUT2D eigenvalue weighted by atomic mass is 10.1. The molecular formula is C18H19ClN2O4. The number of amides is 1. The smallest absolute Gasteiger partial charge is 0.289 e. The van der Waals surface area contributed by atoms with Crippen molar-refractivity contribution in [2.75, 3.05) is 11.9 Å². The molecular weight excluding hydrogens is 344 g/mol. The van der Waals surface area contributed by atoms with E-state index in [9.17, 15) is 14.9 Å². The molecule has 0 saturated heterocycles. The Morgan fingerprint density at radius 3 is 2.52 bits per heavy atom. The highest BCUT2D eigenvalue weighted by molar-refractivity contribution is 6.32. The van der Waals surface area contributed by atoms with Crippen molar-refractivity contribution in [3.63, 3.8) is 0 Å². The van der Waals surface area contributed by atoms with Crippen molar-refractivity contribution in [3.05, 3.63) is 63.2 Å². The zero-order valence-corrected chi connectivity index (χ0v) is 14.7. The number of nitro benzene ring substituents is 1. The van der Waals surface area contributed by atoms with Gasteiger partial charge < -0.3 is 10.1 Å². The van der Waals surface area contributed by atoms with Gasteiger partial charge in [-0.15, -0.1) is 0 Å². The molecule has 0 aliphatic rings. The number of nitro groups is 1. The number of carbonyl (C=O) groups excluding carboxylic acids is 1. The van der Waals surface area contributed by atoms with Gasteiger partial charge in [0.2, 0.25) is 0 Å². The molecule has 25 heavy (non-hydrogen) atoms. The summed E-state index contributed by atoms with van der Waals surface area (Å²) >= 11 is 5.75. The van der Waals surface area contributed by atoms with Gasteiger partial charge >= 0.3 is 0 Å². The van der Waals surface area contributed by atoms with E-state index >= 15 is 0 Å². The number of anilines is 1. The minimum Gasteiger partial charge on any atom is -0.494 e. The van der Waals surface area contributed by atoms with Crippen LogP contribution in [0.5, 0.6) is 5.75 Å². The van der Waals surface area contributed by atoms with Crippen LogP contribution in [-0.4, -0.2) is 17.4 Å². The van der Waals surface area contributed by atoms with Gasteiger partial charge in [-0.3, -0.25) is 14.9 Å². The number of halogens is 1. The van der Waals surface area contributed by atoms with Crippen LogP contribution in [0.15, 0.2) is 42.5 Å². The minimum absolute atomic E-state index is 0.0194. The van der Waals surface area contributed by atoms with Crippen LogP contribution in [-0.2, 0) is 0 Å². The molecule has 0 aliphatic carbocycles. The summed E-state index contributed by atoms with van der Waals surface area (Å²) in [5.74, 6) is 0.887. The molecule has 6 nitrogen and oxygen atoms in total. The number of nitrogens with zero attached hydrogens (tertiary/aromatic N) is 1. The zero-order valence-electron chi connectivity index (χ0n) is 14.0. The molecule has 0 radical (unpaired) electrons. The number of rotatable bonds is 7. The maximum absolute atomic E-state index is 12.2. The van der Waals surface area contributed by atoms with Crippen LogP contribution in [0.25, 0.3) is 0 Å². The topological polar surface area (TPSA) is 81.5 Å². The summed E-state index contributed by atoms with van der Waals surface area (Å²) in [5.41, 5.74) is 0.473. The maximum Gasteiger partial charge on any atom is 0.289 e. The average Bonchev–Trinajstić information content (AvgIpc) is 2.56. The Morgan fingerprint density at radius 2 is 1.92 bits per heavy atom. The van der Waals surface area contributed by atoms with Crippen molar-refractivity contribution >= 4 is 28.9 Å². The molecule has 0 fully saturated rings. The van der Waals surface area contributed by atoms with E-state index in [0.717, 1.165) is 6.42 Å². The monoisotopic (exact) mass is 362 g/mol. The fraction of sp³-hybridized carbons (Fsp3) is 0.278. The number of hydrogen-bond donors (Lipinski definition) is 1. The van der Waals surface area contributed by atoms with Crippen molar-refractivity contribution < 1.29 is 14.5 Å². The third kappa shape index (κ3) is 5.46. The lowest BCUT2D eigenvalue weighted by Gasteiger charge is -2.09. The molecule has 2 rings (SSSR count). The van der Waals surface area contributed by atoms with Crippen molar-refractivity contribution in [1.82, 2.24) is 0 Å². The highest BCUT2D eigenvalue weighted by Crippen LogP contribution is 2.27. The summed E-state index contributed by atoms with van der Waals surface area (Å²) in [6, 6.07) is 10.8. The highest BCUT2D eigenvalue weighted by atomic mass is 35.5. The molecule has 0 unspecified atom stereocenters. The van der Waals surface area contributed by atoms with Crippen LogP contribution < -0.4 is 10.1 Å². The third-order valence-corrected chi connectivity index (χ3v) is 3.80. The molecule has 0 saturated carbocycles. The Hall–Kier alpha value is -2.60. The number of ether oxygens (including phenoxy) is 1. The Bertz CT molecular complexity index is 760. The van der Waals surface area contributed by atoms with Gasteiger partial charge in [0, 0.05) is 17.3 Å². The van der Waals surface area contributed by atoms with E-state index in [1.165, 1.54) is 18.2 Å². The van der Waals surface area contributed by atoms with Crippen LogP contribution in [0.2, 0.25) is 5.02 Å². The van der Waals surface area contributed by atoms with E-state index in [0.29, 0.717) is 29.5 Å². The van der Waals surface area contributed by atoms with E-state index in [-0.39, 0.29) is 16.6 Å². The molecule has 1 amide bonds. The summed E-state index contributed by atoms with van der Waals surface area (Å²) in [5, 5.41) is 13.5. The quantitative estimate of drug-likeness (QED) is 0.559. The standard InChI is InChI=1S/C18H19ClN2O4/c1-12(2)9-10-25-15-6-3-13(4-7-15)18(22)20-14-5-8-16(19)17(11-14)21(23)24/h3-8,11-12H,9-10H2,1-2H3,(H,20,22).